The molecule has 1 N–H and O–H groups in total. The average molecular weight is 208 g/mol. The lowest BCUT2D eigenvalue weighted by Gasteiger charge is -2.23. The van der Waals surface area contributed by atoms with Gasteiger partial charge in [-0.2, -0.15) is 0 Å². The molecular formula is C12H20N2O. The van der Waals surface area contributed by atoms with E-state index in [0.717, 1.165) is 25.2 Å². The normalized spacial score (nSPS) is 14.9. The lowest BCUT2D eigenvalue weighted by molar-refractivity contribution is 0.0357. The smallest absolute Gasteiger partial charge is 0.140 e. The molecule has 3 heteroatoms. The predicted molar refractivity (Wildman–Crippen MR) is 61.5 cm³/mol. The number of hydrogen-bond acceptors (Lipinski definition) is 2. The van der Waals surface area contributed by atoms with Crippen LogP contribution in [0.1, 0.15) is 38.9 Å². The molecule has 0 aromatic carbocycles. The van der Waals surface area contributed by atoms with Gasteiger partial charge in [0.1, 0.15) is 11.4 Å². The van der Waals surface area contributed by atoms with Gasteiger partial charge in [0.15, 0.2) is 0 Å². The topological polar surface area (TPSA) is 38.1 Å². The first-order valence-corrected chi connectivity index (χ1v) is 5.46. The minimum absolute atomic E-state index is 0.664. The first-order chi connectivity index (χ1) is 7.11. The third kappa shape index (κ3) is 2.93. The van der Waals surface area contributed by atoms with Crippen LogP contribution < -0.4 is 0 Å². The third-order valence-corrected chi connectivity index (χ3v) is 2.50. The second kappa shape index (κ2) is 5.12. The largest absolute Gasteiger partial charge is 0.382 e. The Balaban J connectivity index is 2.82. The van der Waals surface area contributed by atoms with Gasteiger partial charge in [-0.05, 0) is 26.2 Å². The van der Waals surface area contributed by atoms with Crippen LogP contribution in [0.15, 0.2) is 25.0 Å². The first-order valence-electron chi connectivity index (χ1n) is 5.46. The molecule has 15 heavy (non-hydrogen) atoms. The quantitative estimate of drug-likeness (QED) is 0.729. The fourth-order valence-electron chi connectivity index (χ4n) is 1.69. The zero-order chi connectivity index (χ0) is 11.3. The first kappa shape index (κ1) is 12.0. The summed E-state index contributed by atoms with van der Waals surface area (Å²) >= 11 is 0. The van der Waals surface area contributed by atoms with E-state index in [1.54, 1.807) is 6.20 Å². The maximum Gasteiger partial charge on any atom is 0.140 e. The van der Waals surface area contributed by atoms with Gasteiger partial charge < -0.3 is 9.67 Å². The molecular weight excluding hydrogens is 188 g/mol. The van der Waals surface area contributed by atoms with E-state index in [1.165, 1.54) is 0 Å². The zero-order valence-electron chi connectivity index (χ0n) is 9.61. The van der Waals surface area contributed by atoms with Crippen LogP contribution in [0.5, 0.6) is 0 Å². The van der Waals surface area contributed by atoms with Gasteiger partial charge in [-0.1, -0.05) is 13.0 Å². The van der Waals surface area contributed by atoms with Gasteiger partial charge in [0, 0.05) is 18.9 Å². The van der Waals surface area contributed by atoms with Gasteiger partial charge in [0.25, 0.3) is 0 Å². The highest BCUT2D eigenvalue weighted by atomic mass is 16.3. The van der Waals surface area contributed by atoms with E-state index in [1.807, 2.05) is 23.8 Å². The van der Waals surface area contributed by atoms with E-state index in [9.17, 15) is 5.11 Å². The van der Waals surface area contributed by atoms with E-state index in [2.05, 4.69) is 18.5 Å². The van der Waals surface area contributed by atoms with Crippen LogP contribution in [0.4, 0.5) is 0 Å². The summed E-state index contributed by atoms with van der Waals surface area (Å²) in [6.07, 6.45) is 7.99. The van der Waals surface area contributed by atoms with E-state index < -0.39 is 5.60 Å². The van der Waals surface area contributed by atoms with Crippen molar-refractivity contribution in [3.05, 3.63) is 30.9 Å². The van der Waals surface area contributed by atoms with Crippen molar-refractivity contribution in [3.63, 3.8) is 0 Å². The standard InChI is InChI=1S/C12H20N2O/c1-4-6-7-12(3,15)11-13-8-10-14(11)9-5-2/h4,8,10,15H,1,5-7,9H2,2-3H3. The van der Waals surface area contributed by atoms with E-state index >= 15 is 0 Å². The number of aryl methyl sites for hydroxylation is 1. The molecule has 1 heterocycles. The summed E-state index contributed by atoms with van der Waals surface area (Å²) in [4.78, 5) is 4.24. The van der Waals surface area contributed by atoms with Gasteiger partial charge in [-0.3, -0.25) is 0 Å². The molecule has 1 atom stereocenters. The molecule has 0 aliphatic carbocycles. The van der Waals surface area contributed by atoms with Crippen molar-refractivity contribution >= 4 is 0 Å². The minimum atomic E-state index is -0.854. The molecule has 0 fully saturated rings. The fraction of sp³-hybridized carbons (Fsp3) is 0.583. The lowest BCUT2D eigenvalue weighted by Crippen LogP contribution is -2.26. The summed E-state index contributed by atoms with van der Waals surface area (Å²) in [6.45, 7) is 8.49. The molecule has 0 amide bonds. The van der Waals surface area contributed by atoms with Crippen LogP contribution in [0.2, 0.25) is 0 Å². The Morgan fingerprint density at radius 2 is 2.40 bits per heavy atom. The highest BCUT2D eigenvalue weighted by Gasteiger charge is 2.26. The zero-order valence-corrected chi connectivity index (χ0v) is 9.61. The third-order valence-electron chi connectivity index (χ3n) is 2.50. The summed E-state index contributed by atoms with van der Waals surface area (Å²) in [5.41, 5.74) is -0.854. The molecule has 1 rings (SSSR count). The summed E-state index contributed by atoms with van der Waals surface area (Å²) in [6, 6.07) is 0. The SMILES string of the molecule is C=CCCC(C)(O)c1nccn1CCC. The molecule has 0 aliphatic heterocycles. The van der Waals surface area contributed by atoms with Gasteiger partial charge in [-0.25, -0.2) is 4.98 Å². The van der Waals surface area contributed by atoms with E-state index in [0.29, 0.717) is 6.42 Å². The van der Waals surface area contributed by atoms with Crippen LogP contribution in [0.3, 0.4) is 0 Å². The Bertz CT molecular complexity index is 315. The van der Waals surface area contributed by atoms with Crippen molar-refractivity contribution in [2.45, 2.75) is 45.3 Å². The van der Waals surface area contributed by atoms with Crippen molar-refractivity contribution in [2.75, 3.05) is 0 Å². The van der Waals surface area contributed by atoms with Crippen LogP contribution in [-0.2, 0) is 12.1 Å². The average Bonchev–Trinajstić information content (AvgIpc) is 2.64. The Morgan fingerprint density at radius 3 is 3.00 bits per heavy atom. The highest BCUT2D eigenvalue weighted by molar-refractivity contribution is 5.03. The summed E-state index contributed by atoms with van der Waals surface area (Å²) in [5, 5.41) is 10.3. The molecule has 3 nitrogen and oxygen atoms in total. The second-order valence-electron chi connectivity index (χ2n) is 4.05. The lowest BCUT2D eigenvalue weighted by atomic mass is 9.99. The number of hydrogen-bond donors (Lipinski definition) is 1. The molecule has 1 aromatic rings. The highest BCUT2D eigenvalue weighted by Crippen LogP contribution is 2.24. The van der Waals surface area contributed by atoms with Crippen molar-refractivity contribution in [1.29, 1.82) is 0 Å². The van der Waals surface area contributed by atoms with Gasteiger partial charge in [0.05, 0.1) is 0 Å². The number of rotatable bonds is 6. The van der Waals surface area contributed by atoms with Crippen LogP contribution in [0.25, 0.3) is 0 Å². The predicted octanol–water partition coefficient (Wildman–Crippen LogP) is 2.47. The van der Waals surface area contributed by atoms with Crippen LogP contribution >= 0.6 is 0 Å². The monoisotopic (exact) mass is 208 g/mol. The maximum absolute atomic E-state index is 10.3. The van der Waals surface area contributed by atoms with Gasteiger partial charge in [-0.15, -0.1) is 6.58 Å². The molecule has 0 saturated carbocycles. The van der Waals surface area contributed by atoms with Crippen molar-refractivity contribution < 1.29 is 5.11 Å². The fourth-order valence-corrected chi connectivity index (χ4v) is 1.69. The molecule has 0 bridgehead atoms. The van der Waals surface area contributed by atoms with Crippen molar-refractivity contribution in [1.82, 2.24) is 9.55 Å². The number of nitrogens with zero attached hydrogens (tertiary/aromatic N) is 2. The summed E-state index contributed by atoms with van der Waals surface area (Å²) < 4.78 is 2.02. The van der Waals surface area contributed by atoms with Crippen molar-refractivity contribution in [3.8, 4) is 0 Å². The Kier molecular flexibility index (Phi) is 4.09. The van der Waals surface area contributed by atoms with Crippen molar-refractivity contribution in [2.24, 2.45) is 0 Å². The molecule has 0 saturated heterocycles. The van der Waals surface area contributed by atoms with Gasteiger partial charge >= 0.3 is 0 Å². The number of aliphatic hydroxyl groups is 1. The van der Waals surface area contributed by atoms with E-state index in [-0.39, 0.29) is 0 Å². The molecule has 0 spiro atoms. The number of allylic oxidation sites excluding steroid dienone is 1. The van der Waals surface area contributed by atoms with Gasteiger partial charge in [0.2, 0.25) is 0 Å². The minimum Gasteiger partial charge on any atom is -0.382 e. The Labute approximate surface area is 91.5 Å². The van der Waals surface area contributed by atoms with Crippen LogP contribution in [0, 0.1) is 0 Å². The second-order valence-corrected chi connectivity index (χ2v) is 4.05. The summed E-state index contributed by atoms with van der Waals surface area (Å²) in [7, 11) is 0. The van der Waals surface area contributed by atoms with Crippen LogP contribution in [-0.4, -0.2) is 14.7 Å². The maximum atomic E-state index is 10.3. The Hall–Kier alpha value is -1.09. The summed E-state index contributed by atoms with van der Waals surface area (Å²) in [5.74, 6) is 0.756. The van der Waals surface area contributed by atoms with E-state index in [4.69, 9.17) is 0 Å². The molecule has 1 aromatic heterocycles. The number of imidazole rings is 1. The molecule has 0 radical (unpaired) electrons. The molecule has 0 aliphatic rings. The molecule has 1 unspecified atom stereocenters. The molecule has 84 valence electrons. The number of aromatic nitrogens is 2. The Morgan fingerprint density at radius 1 is 1.67 bits per heavy atom.